The predicted molar refractivity (Wildman–Crippen MR) is 59.4 cm³/mol. The number of aryl methyl sites for hydroxylation is 1. The smallest absolute Gasteiger partial charge is 0.327 e. The number of nitro groups is 1. The summed E-state index contributed by atoms with van der Waals surface area (Å²) in [4.78, 5) is 13.9. The molecule has 0 spiro atoms. The van der Waals surface area contributed by atoms with Crippen molar-refractivity contribution in [2.24, 2.45) is 0 Å². The third-order valence-corrected chi connectivity index (χ3v) is 2.18. The van der Waals surface area contributed by atoms with E-state index in [1.165, 1.54) is 12.1 Å². The lowest BCUT2D eigenvalue weighted by Crippen LogP contribution is -2.05. The Morgan fingerprint density at radius 3 is 2.94 bits per heavy atom. The molecule has 0 aliphatic heterocycles. The van der Waals surface area contributed by atoms with Gasteiger partial charge in [0.15, 0.2) is 5.82 Å². The lowest BCUT2D eigenvalue weighted by atomic mass is 10.2. The van der Waals surface area contributed by atoms with Crippen LogP contribution in [0.5, 0.6) is 0 Å². The maximum Gasteiger partial charge on any atom is 0.327 e. The zero-order chi connectivity index (χ0) is 13.1. The molecule has 1 aromatic heterocycles. The summed E-state index contributed by atoms with van der Waals surface area (Å²) in [6, 6.07) is 3.82. The second kappa shape index (κ2) is 4.78. The van der Waals surface area contributed by atoms with Crippen molar-refractivity contribution in [3.8, 4) is 0 Å². The summed E-state index contributed by atoms with van der Waals surface area (Å²) in [6.07, 6.45) is 0. The molecule has 0 saturated carbocycles. The average Bonchev–Trinajstić information content (AvgIpc) is 2.72. The molecule has 0 aliphatic rings. The highest BCUT2D eigenvalue weighted by molar-refractivity contribution is 5.61. The minimum absolute atomic E-state index is 0.0717. The molecule has 7 nitrogen and oxygen atoms in total. The molecule has 0 fully saturated rings. The molecular formula is C10H9FN4O3. The number of aromatic nitrogens is 2. The van der Waals surface area contributed by atoms with Crippen LogP contribution in [0.1, 0.15) is 11.7 Å². The van der Waals surface area contributed by atoms with Gasteiger partial charge in [0.25, 0.3) is 0 Å². The van der Waals surface area contributed by atoms with Crippen molar-refractivity contribution in [2.75, 3.05) is 5.32 Å². The summed E-state index contributed by atoms with van der Waals surface area (Å²) in [6.45, 7) is 1.74. The van der Waals surface area contributed by atoms with Gasteiger partial charge < -0.3 is 9.84 Å². The van der Waals surface area contributed by atoms with Crippen molar-refractivity contribution in [3.63, 3.8) is 0 Å². The van der Waals surface area contributed by atoms with Gasteiger partial charge in [-0.2, -0.15) is 9.37 Å². The molecule has 2 aromatic rings. The highest BCUT2D eigenvalue weighted by Crippen LogP contribution is 2.27. The van der Waals surface area contributed by atoms with Crippen molar-refractivity contribution < 1.29 is 13.8 Å². The first-order valence-electron chi connectivity index (χ1n) is 5.04. The second-order valence-corrected chi connectivity index (χ2v) is 3.48. The summed E-state index contributed by atoms with van der Waals surface area (Å²) in [5.41, 5.74) is -0.528. The van der Waals surface area contributed by atoms with Gasteiger partial charge in [-0.1, -0.05) is 11.2 Å². The van der Waals surface area contributed by atoms with Crippen molar-refractivity contribution in [3.05, 3.63) is 45.8 Å². The lowest BCUT2D eigenvalue weighted by Gasteiger charge is -2.04. The van der Waals surface area contributed by atoms with Crippen LogP contribution in [-0.2, 0) is 6.54 Å². The molecular weight excluding hydrogens is 243 g/mol. The third-order valence-electron chi connectivity index (χ3n) is 2.18. The molecule has 0 aliphatic carbocycles. The van der Waals surface area contributed by atoms with E-state index < -0.39 is 16.4 Å². The predicted octanol–water partition coefficient (Wildman–Crippen LogP) is 2.04. The van der Waals surface area contributed by atoms with E-state index in [1.54, 1.807) is 6.92 Å². The number of nitro benzene ring substituents is 1. The first-order chi connectivity index (χ1) is 8.58. The highest BCUT2D eigenvalue weighted by atomic mass is 19.1. The Morgan fingerprint density at radius 2 is 2.33 bits per heavy atom. The Kier molecular flexibility index (Phi) is 3.18. The monoisotopic (exact) mass is 252 g/mol. The fourth-order valence-corrected chi connectivity index (χ4v) is 1.43. The van der Waals surface area contributed by atoms with Crippen molar-refractivity contribution in [1.82, 2.24) is 10.1 Å². The Bertz CT molecular complexity index is 584. The van der Waals surface area contributed by atoms with Crippen LogP contribution in [0.25, 0.3) is 0 Å². The van der Waals surface area contributed by atoms with Crippen LogP contribution < -0.4 is 5.32 Å². The first kappa shape index (κ1) is 12.0. The zero-order valence-electron chi connectivity index (χ0n) is 9.38. The van der Waals surface area contributed by atoms with E-state index in [4.69, 9.17) is 4.52 Å². The van der Waals surface area contributed by atoms with Crippen LogP contribution in [0.3, 0.4) is 0 Å². The summed E-state index contributed by atoms with van der Waals surface area (Å²) < 4.78 is 18.0. The Labute approximate surface area is 101 Å². The van der Waals surface area contributed by atoms with Gasteiger partial charge in [-0.25, -0.2) is 0 Å². The average molecular weight is 252 g/mol. The van der Waals surface area contributed by atoms with Crippen LogP contribution in [0, 0.1) is 22.9 Å². The molecule has 18 heavy (non-hydrogen) atoms. The molecule has 2 rings (SSSR count). The van der Waals surface area contributed by atoms with Gasteiger partial charge in [0.05, 0.1) is 11.5 Å². The van der Waals surface area contributed by atoms with Gasteiger partial charge in [0, 0.05) is 6.92 Å². The molecule has 0 unspecified atom stereocenters. The molecule has 1 N–H and O–H groups in total. The molecule has 1 heterocycles. The molecule has 1 aromatic carbocycles. The molecule has 94 valence electrons. The van der Waals surface area contributed by atoms with Crippen molar-refractivity contribution >= 4 is 11.4 Å². The fraction of sp³-hybridized carbons (Fsp3) is 0.200. The summed E-state index contributed by atoms with van der Waals surface area (Å²) in [7, 11) is 0. The minimum atomic E-state index is -0.894. The van der Waals surface area contributed by atoms with Gasteiger partial charge in [-0.3, -0.25) is 10.1 Å². The summed E-state index contributed by atoms with van der Waals surface area (Å²) >= 11 is 0. The van der Waals surface area contributed by atoms with Crippen LogP contribution in [0.15, 0.2) is 22.7 Å². The Morgan fingerprint density at radius 1 is 1.56 bits per heavy atom. The molecule has 0 saturated heterocycles. The van der Waals surface area contributed by atoms with Crippen LogP contribution in [0.4, 0.5) is 15.8 Å². The van der Waals surface area contributed by atoms with E-state index in [1.807, 2.05) is 0 Å². The van der Waals surface area contributed by atoms with E-state index in [2.05, 4.69) is 15.5 Å². The summed E-state index contributed by atoms with van der Waals surface area (Å²) in [5.74, 6) is -0.166. The Hall–Kier alpha value is -2.51. The number of anilines is 1. The van der Waals surface area contributed by atoms with Gasteiger partial charge >= 0.3 is 5.69 Å². The number of rotatable bonds is 4. The quantitative estimate of drug-likeness (QED) is 0.660. The topological polar surface area (TPSA) is 94.1 Å². The molecule has 8 heteroatoms. The van der Waals surface area contributed by atoms with Crippen molar-refractivity contribution in [1.29, 1.82) is 0 Å². The number of para-hydroxylation sites is 1. The third kappa shape index (κ3) is 2.42. The van der Waals surface area contributed by atoms with Gasteiger partial charge in [0.2, 0.25) is 11.7 Å². The van der Waals surface area contributed by atoms with E-state index in [9.17, 15) is 14.5 Å². The maximum atomic E-state index is 13.3. The van der Waals surface area contributed by atoms with Crippen LogP contribution >= 0.6 is 0 Å². The number of nitrogens with zero attached hydrogens (tertiary/aromatic N) is 3. The van der Waals surface area contributed by atoms with Crippen LogP contribution in [0.2, 0.25) is 0 Å². The second-order valence-electron chi connectivity index (χ2n) is 3.48. The molecule has 0 bridgehead atoms. The molecule has 0 atom stereocenters. The van der Waals surface area contributed by atoms with E-state index in [0.717, 1.165) is 6.07 Å². The maximum absolute atomic E-state index is 13.3. The van der Waals surface area contributed by atoms with Crippen molar-refractivity contribution in [2.45, 2.75) is 13.5 Å². The first-order valence-corrected chi connectivity index (χ1v) is 5.04. The standard InChI is InChI=1S/C10H9FN4O3/c1-6-13-9(14-18-6)5-12-8-4-2-3-7(11)10(8)15(16)17/h2-4,12H,5H2,1H3. The zero-order valence-corrected chi connectivity index (χ0v) is 9.38. The normalized spacial score (nSPS) is 10.3. The minimum Gasteiger partial charge on any atom is -0.372 e. The van der Waals surface area contributed by atoms with E-state index >= 15 is 0 Å². The Balaban J connectivity index is 2.19. The number of benzene rings is 1. The number of halogens is 1. The fourth-order valence-electron chi connectivity index (χ4n) is 1.43. The van der Waals surface area contributed by atoms with Gasteiger partial charge in [0.1, 0.15) is 5.69 Å². The largest absolute Gasteiger partial charge is 0.372 e. The van der Waals surface area contributed by atoms with Gasteiger partial charge in [-0.15, -0.1) is 0 Å². The number of hydrogen-bond donors (Lipinski definition) is 1. The highest BCUT2D eigenvalue weighted by Gasteiger charge is 2.19. The summed E-state index contributed by atoms with van der Waals surface area (Å²) in [5, 5.41) is 17.0. The van der Waals surface area contributed by atoms with Crippen LogP contribution in [-0.4, -0.2) is 15.1 Å². The number of nitrogens with one attached hydrogen (secondary N) is 1. The van der Waals surface area contributed by atoms with Gasteiger partial charge in [-0.05, 0) is 12.1 Å². The van der Waals surface area contributed by atoms with E-state index in [0.29, 0.717) is 11.7 Å². The molecule has 0 radical (unpaired) electrons. The lowest BCUT2D eigenvalue weighted by molar-refractivity contribution is -0.386. The van der Waals surface area contributed by atoms with E-state index in [-0.39, 0.29) is 12.2 Å². The number of hydrogen-bond acceptors (Lipinski definition) is 6. The molecule has 0 amide bonds. The SMILES string of the molecule is Cc1nc(CNc2cccc(F)c2[N+](=O)[O-])no1.